The number of pyridine rings is 1. The van der Waals surface area contributed by atoms with Gasteiger partial charge in [0, 0.05) is 17.5 Å². The van der Waals surface area contributed by atoms with Crippen LogP contribution < -0.4 is 4.74 Å². The van der Waals surface area contributed by atoms with Crippen LogP contribution in [0.25, 0.3) is 16.9 Å². The van der Waals surface area contributed by atoms with E-state index in [0.29, 0.717) is 0 Å². The van der Waals surface area contributed by atoms with Crippen LogP contribution in [0.2, 0.25) is 0 Å². The van der Waals surface area contributed by atoms with Crippen LogP contribution >= 0.6 is 0 Å². The van der Waals surface area contributed by atoms with Crippen molar-refractivity contribution in [1.29, 1.82) is 0 Å². The van der Waals surface area contributed by atoms with Gasteiger partial charge in [-0.3, -0.25) is 0 Å². The van der Waals surface area contributed by atoms with E-state index in [1.807, 2.05) is 48.7 Å². The van der Waals surface area contributed by atoms with E-state index in [1.165, 1.54) is 0 Å². The molecule has 0 aliphatic heterocycles. The van der Waals surface area contributed by atoms with Gasteiger partial charge in [0.15, 0.2) is 0 Å². The summed E-state index contributed by atoms with van der Waals surface area (Å²) in [6, 6.07) is 14.0. The highest BCUT2D eigenvalue weighted by Crippen LogP contribution is 2.31. The number of rotatable bonds is 2. The topological polar surface area (TPSA) is 26.5 Å². The molecule has 18 heavy (non-hydrogen) atoms. The van der Waals surface area contributed by atoms with Crippen molar-refractivity contribution in [3.8, 4) is 17.0 Å². The predicted molar refractivity (Wildman–Crippen MR) is 71.9 cm³/mol. The summed E-state index contributed by atoms with van der Waals surface area (Å²) in [5.74, 6) is 0.851. The van der Waals surface area contributed by atoms with Crippen LogP contribution in [0.3, 0.4) is 0 Å². The Morgan fingerprint density at radius 1 is 1.06 bits per heavy atom. The van der Waals surface area contributed by atoms with Crippen LogP contribution in [0.15, 0.2) is 48.7 Å². The van der Waals surface area contributed by atoms with Crippen molar-refractivity contribution in [2.45, 2.75) is 6.92 Å². The van der Waals surface area contributed by atoms with E-state index in [0.717, 1.165) is 28.3 Å². The van der Waals surface area contributed by atoms with Crippen molar-refractivity contribution in [2.75, 3.05) is 7.11 Å². The van der Waals surface area contributed by atoms with Gasteiger partial charge < -0.3 is 9.14 Å². The van der Waals surface area contributed by atoms with E-state index in [9.17, 15) is 0 Å². The zero-order chi connectivity index (χ0) is 12.5. The van der Waals surface area contributed by atoms with Crippen LogP contribution in [0.5, 0.6) is 5.75 Å². The smallest absolute Gasteiger partial charge is 0.137 e. The molecule has 0 atom stereocenters. The maximum Gasteiger partial charge on any atom is 0.137 e. The third-order valence-electron chi connectivity index (χ3n) is 3.13. The highest BCUT2D eigenvalue weighted by atomic mass is 16.5. The summed E-state index contributed by atoms with van der Waals surface area (Å²) in [5.41, 5.74) is 4.07. The van der Waals surface area contributed by atoms with Gasteiger partial charge in [0.05, 0.1) is 12.8 Å². The maximum atomic E-state index is 5.40. The maximum absolute atomic E-state index is 5.40. The molecular weight excluding hydrogens is 224 g/mol. The fraction of sp³-hybridized carbons (Fsp3) is 0.133. The van der Waals surface area contributed by atoms with Crippen LogP contribution in [0.1, 0.15) is 5.69 Å². The fourth-order valence-electron chi connectivity index (χ4n) is 2.21. The van der Waals surface area contributed by atoms with E-state index >= 15 is 0 Å². The third-order valence-corrected chi connectivity index (χ3v) is 3.13. The minimum absolute atomic E-state index is 0.851. The van der Waals surface area contributed by atoms with Crippen molar-refractivity contribution in [3.63, 3.8) is 0 Å². The second-order valence-corrected chi connectivity index (χ2v) is 4.17. The second-order valence-electron chi connectivity index (χ2n) is 4.17. The molecule has 3 heteroatoms. The molecule has 2 heterocycles. The number of hydrogen-bond acceptors (Lipinski definition) is 2. The number of aryl methyl sites for hydroxylation is 1. The molecule has 0 N–H and O–H groups in total. The van der Waals surface area contributed by atoms with E-state index < -0.39 is 0 Å². The minimum atomic E-state index is 0.851. The zero-order valence-corrected chi connectivity index (χ0v) is 10.4. The molecule has 0 aliphatic rings. The Morgan fingerprint density at radius 3 is 2.61 bits per heavy atom. The lowest BCUT2D eigenvalue weighted by atomic mass is 10.1. The number of benzene rings is 1. The van der Waals surface area contributed by atoms with Gasteiger partial charge in [-0.05, 0) is 31.2 Å². The molecule has 0 amide bonds. The molecule has 0 bridgehead atoms. The molecule has 1 aromatic carbocycles. The summed E-state index contributed by atoms with van der Waals surface area (Å²) in [4.78, 5) is 4.67. The number of nitrogens with zero attached hydrogens (tertiary/aromatic N) is 2. The van der Waals surface area contributed by atoms with Gasteiger partial charge in [0.2, 0.25) is 0 Å². The molecule has 3 aromatic rings. The van der Waals surface area contributed by atoms with E-state index in [2.05, 4.69) is 16.3 Å². The number of ether oxygens (including phenoxy) is 1. The Bertz CT molecular complexity index is 701. The van der Waals surface area contributed by atoms with Crippen molar-refractivity contribution in [3.05, 3.63) is 54.4 Å². The molecule has 0 saturated heterocycles. The van der Waals surface area contributed by atoms with Gasteiger partial charge in [0.25, 0.3) is 0 Å². The SMILES string of the molecule is COc1ccccc1-c1nc2ccccn2c1C. The highest BCUT2D eigenvalue weighted by molar-refractivity contribution is 5.71. The molecule has 90 valence electrons. The van der Waals surface area contributed by atoms with Crippen molar-refractivity contribution < 1.29 is 4.74 Å². The summed E-state index contributed by atoms with van der Waals surface area (Å²) >= 11 is 0. The quantitative estimate of drug-likeness (QED) is 0.684. The molecule has 0 aliphatic carbocycles. The molecule has 0 unspecified atom stereocenters. The zero-order valence-electron chi connectivity index (χ0n) is 10.4. The first-order valence-electron chi connectivity index (χ1n) is 5.88. The molecular formula is C15H14N2O. The van der Waals surface area contributed by atoms with Gasteiger partial charge in [-0.1, -0.05) is 18.2 Å². The van der Waals surface area contributed by atoms with E-state index in [-0.39, 0.29) is 0 Å². The average Bonchev–Trinajstić information content (AvgIpc) is 2.76. The second kappa shape index (κ2) is 4.18. The summed E-state index contributed by atoms with van der Waals surface area (Å²) in [5, 5.41) is 0. The summed E-state index contributed by atoms with van der Waals surface area (Å²) in [6.45, 7) is 2.07. The molecule has 2 aromatic heterocycles. The fourth-order valence-corrected chi connectivity index (χ4v) is 2.21. The lowest BCUT2D eigenvalue weighted by molar-refractivity contribution is 0.416. The van der Waals surface area contributed by atoms with Gasteiger partial charge in [-0.2, -0.15) is 0 Å². The van der Waals surface area contributed by atoms with Gasteiger partial charge in [-0.25, -0.2) is 4.98 Å². The number of methoxy groups -OCH3 is 1. The molecule has 3 nitrogen and oxygen atoms in total. The van der Waals surface area contributed by atoms with E-state index in [1.54, 1.807) is 7.11 Å². The average molecular weight is 238 g/mol. The highest BCUT2D eigenvalue weighted by Gasteiger charge is 2.13. The Balaban J connectivity index is 2.28. The summed E-state index contributed by atoms with van der Waals surface area (Å²) < 4.78 is 7.49. The molecule has 0 radical (unpaired) electrons. The predicted octanol–water partition coefficient (Wildman–Crippen LogP) is 3.32. The first-order valence-corrected chi connectivity index (χ1v) is 5.88. The number of aromatic nitrogens is 2. The summed E-state index contributed by atoms with van der Waals surface area (Å²) in [7, 11) is 1.68. The normalized spacial score (nSPS) is 10.8. The van der Waals surface area contributed by atoms with Crippen LogP contribution in [-0.2, 0) is 0 Å². The monoisotopic (exact) mass is 238 g/mol. The summed E-state index contributed by atoms with van der Waals surface area (Å²) in [6.07, 6.45) is 2.02. The van der Waals surface area contributed by atoms with Crippen LogP contribution in [-0.4, -0.2) is 16.5 Å². The molecule has 3 rings (SSSR count). The number of para-hydroxylation sites is 1. The van der Waals surface area contributed by atoms with Gasteiger partial charge in [0.1, 0.15) is 11.4 Å². The number of hydrogen-bond donors (Lipinski definition) is 0. The Kier molecular flexibility index (Phi) is 2.52. The Labute approximate surface area is 106 Å². The van der Waals surface area contributed by atoms with Crippen molar-refractivity contribution in [1.82, 2.24) is 9.38 Å². The Hall–Kier alpha value is -2.29. The van der Waals surface area contributed by atoms with Crippen LogP contribution in [0.4, 0.5) is 0 Å². The first kappa shape index (κ1) is 10.8. The standard InChI is InChI=1S/C15H14N2O/c1-11-15(12-7-3-4-8-13(12)18-2)16-14-9-5-6-10-17(11)14/h3-10H,1-2H3. The molecule has 0 saturated carbocycles. The Morgan fingerprint density at radius 2 is 1.83 bits per heavy atom. The minimum Gasteiger partial charge on any atom is -0.496 e. The van der Waals surface area contributed by atoms with Crippen molar-refractivity contribution >= 4 is 5.65 Å². The molecule has 0 spiro atoms. The molecule has 0 fully saturated rings. The first-order chi connectivity index (χ1) is 8.81. The number of imidazole rings is 1. The third kappa shape index (κ3) is 1.56. The largest absolute Gasteiger partial charge is 0.496 e. The number of fused-ring (bicyclic) bond motifs is 1. The van der Waals surface area contributed by atoms with Gasteiger partial charge >= 0.3 is 0 Å². The van der Waals surface area contributed by atoms with Gasteiger partial charge in [-0.15, -0.1) is 0 Å². The van der Waals surface area contributed by atoms with Crippen LogP contribution in [0, 0.1) is 6.92 Å². The van der Waals surface area contributed by atoms with Crippen molar-refractivity contribution in [2.24, 2.45) is 0 Å². The lowest BCUT2D eigenvalue weighted by Gasteiger charge is -2.06. The van der Waals surface area contributed by atoms with E-state index in [4.69, 9.17) is 4.74 Å². The lowest BCUT2D eigenvalue weighted by Crippen LogP contribution is -1.90.